The van der Waals surface area contributed by atoms with E-state index in [1.165, 1.54) is 0 Å². The van der Waals surface area contributed by atoms with Gasteiger partial charge in [-0.2, -0.15) is 5.26 Å². The van der Waals surface area contributed by atoms with Crippen molar-refractivity contribution in [2.45, 2.75) is 20.0 Å². The van der Waals surface area contributed by atoms with Crippen LogP contribution in [0.15, 0.2) is 54.6 Å². The molecule has 1 N–H and O–H groups in total. The van der Waals surface area contributed by atoms with Gasteiger partial charge in [-0.15, -0.1) is 0 Å². The maximum atomic E-state index is 12.2. The number of benzene rings is 2. The molecule has 3 aromatic rings. The molecule has 0 aliphatic carbocycles. The van der Waals surface area contributed by atoms with Crippen molar-refractivity contribution < 1.29 is 4.79 Å². The molecule has 23 heavy (non-hydrogen) atoms. The zero-order chi connectivity index (χ0) is 16.2. The molecule has 2 aromatic carbocycles. The number of carbonyl (C=O) groups is 1. The second-order valence-electron chi connectivity index (χ2n) is 5.52. The molecule has 0 saturated carbocycles. The number of amides is 1. The number of nitrogens with zero attached hydrogens (tertiary/aromatic N) is 2. The summed E-state index contributed by atoms with van der Waals surface area (Å²) in [5.74, 6) is -0.0289. The van der Waals surface area contributed by atoms with Gasteiger partial charge in [0.1, 0.15) is 6.54 Å². The van der Waals surface area contributed by atoms with Crippen LogP contribution in [0.2, 0.25) is 0 Å². The van der Waals surface area contributed by atoms with Crippen LogP contribution in [0.4, 0.5) is 0 Å². The van der Waals surface area contributed by atoms with Gasteiger partial charge in [-0.1, -0.05) is 30.3 Å². The van der Waals surface area contributed by atoms with Gasteiger partial charge >= 0.3 is 0 Å². The van der Waals surface area contributed by atoms with E-state index in [1.807, 2.05) is 47.9 Å². The fourth-order valence-corrected chi connectivity index (χ4v) is 2.66. The first kappa shape index (κ1) is 14.9. The first-order valence-corrected chi connectivity index (χ1v) is 7.48. The number of rotatable bonds is 4. The summed E-state index contributed by atoms with van der Waals surface area (Å²) >= 11 is 0. The lowest BCUT2D eigenvalue weighted by atomic mass is 10.1. The van der Waals surface area contributed by atoms with E-state index in [9.17, 15) is 4.79 Å². The first-order valence-electron chi connectivity index (χ1n) is 7.48. The van der Waals surface area contributed by atoms with Crippen molar-refractivity contribution >= 4 is 16.8 Å². The van der Waals surface area contributed by atoms with Gasteiger partial charge in [-0.25, -0.2) is 0 Å². The molecule has 0 aliphatic heterocycles. The molecule has 4 heteroatoms. The number of nitrogens with one attached hydrogen (secondary N) is 1. The fraction of sp³-hybridized carbons (Fsp3) is 0.158. The molecule has 4 nitrogen and oxygen atoms in total. The van der Waals surface area contributed by atoms with Gasteiger partial charge in [0.05, 0.1) is 11.6 Å². The molecule has 0 spiro atoms. The average molecular weight is 303 g/mol. The number of carbonyl (C=O) groups excluding carboxylic acids is 1. The number of hydrogen-bond donors (Lipinski definition) is 1. The van der Waals surface area contributed by atoms with Gasteiger partial charge in [0.15, 0.2) is 0 Å². The van der Waals surface area contributed by atoms with Gasteiger partial charge in [0.25, 0.3) is 0 Å². The number of aryl methyl sites for hydroxylation is 1. The first-order chi connectivity index (χ1) is 11.2. The van der Waals surface area contributed by atoms with Crippen LogP contribution in [0.25, 0.3) is 10.9 Å². The van der Waals surface area contributed by atoms with Gasteiger partial charge < -0.3 is 9.88 Å². The molecule has 0 atom stereocenters. The molecule has 114 valence electrons. The molecule has 0 aliphatic rings. The SMILES string of the molecule is Cc1cc2ccccc2n1CC(=O)NCc1ccc(C#N)cc1. The normalized spacial score (nSPS) is 10.4. The summed E-state index contributed by atoms with van der Waals surface area (Å²) in [5.41, 5.74) is 3.74. The molecule has 0 saturated heterocycles. The molecule has 1 heterocycles. The van der Waals surface area contributed by atoms with Crippen LogP contribution in [0.1, 0.15) is 16.8 Å². The Morgan fingerprint density at radius 2 is 1.91 bits per heavy atom. The summed E-state index contributed by atoms with van der Waals surface area (Å²) in [6, 6.07) is 19.4. The molecule has 0 fully saturated rings. The monoisotopic (exact) mass is 303 g/mol. The molecule has 0 radical (unpaired) electrons. The summed E-state index contributed by atoms with van der Waals surface area (Å²) in [6.07, 6.45) is 0. The maximum absolute atomic E-state index is 12.2. The lowest BCUT2D eigenvalue weighted by Gasteiger charge is -2.09. The summed E-state index contributed by atoms with van der Waals surface area (Å²) in [5, 5.41) is 12.8. The van der Waals surface area contributed by atoms with E-state index in [4.69, 9.17) is 5.26 Å². The minimum absolute atomic E-state index is 0.0289. The maximum Gasteiger partial charge on any atom is 0.240 e. The van der Waals surface area contributed by atoms with E-state index in [2.05, 4.69) is 17.5 Å². The van der Waals surface area contributed by atoms with Gasteiger partial charge in [-0.3, -0.25) is 4.79 Å². The van der Waals surface area contributed by atoms with E-state index < -0.39 is 0 Å². The Hall–Kier alpha value is -3.06. The summed E-state index contributed by atoms with van der Waals surface area (Å²) < 4.78 is 2.02. The third-order valence-electron chi connectivity index (χ3n) is 3.89. The summed E-state index contributed by atoms with van der Waals surface area (Å²) in [7, 11) is 0. The quantitative estimate of drug-likeness (QED) is 0.805. The van der Waals surface area contributed by atoms with Crippen LogP contribution in [-0.2, 0) is 17.9 Å². The van der Waals surface area contributed by atoms with Crippen LogP contribution in [0.3, 0.4) is 0 Å². The Morgan fingerprint density at radius 3 is 2.65 bits per heavy atom. The highest BCUT2D eigenvalue weighted by Crippen LogP contribution is 2.18. The van der Waals surface area contributed by atoms with E-state index in [1.54, 1.807) is 12.1 Å². The molecule has 3 rings (SSSR count). The standard InChI is InChI=1S/C19H17N3O/c1-14-10-17-4-2-3-5-18(17)22(14)13-19(23)21-12-16-8-6-15(11-20)7-9-16/h2-10H,12-13H2,1H3,(H,21,23). The number of fused-ring (bicyclic) bond motifs is 1. The molecule has 1 amide bonds. The number of para-hydroxylation sites is 1. The fourth-order valence-electron chi connectivity index (χ4n) is 2.66. The minimum Gasteiger partial charge on any atom is -0.350 e. The predicted molar refractivity (Wildman–Crippen MR) is 89.7 cm³/mol. The zero-order valence-corrected chi connectivity index (χ0v) is 12.9. The third kappa shape index (κ3) is 3.24. The van der Waals surface area contributed by atoms with Crippen molar-refractivity contribution in [1.29, 1.82) is 5.26 Å². The van der Waals surface area contributed by atoms with Gasteiger partial charge in [0.2, 0.25) is 5.91 Å². The average Bonchev–Trinajstić information content (AvgIpc) is 2.89. The van der Waals surface area contributed by atoms with E-state index in [-0.39, 0.29) is 5.91 Å². The van der Waals surface area contributed by atoms with E-state index in [0.29, 0.717) is 18.7 Å². The van der Waals surface area contributed by atoms with Gasteiger partial charge in [0, 0.05) is 17.8 Å². The minimum atomic E-state index is -0.0289. The van der Waals surface area contributed by atoms with Crippen LogP contribution in [0.5, 0.6) is 0 Å². The summed E-state index contributed by atoms with van der Waals surface area (Å²) in [6.45, 7) is 2.77. The predicted octanol–water partition coefficient (Wildman–Crippen LogP) is 3.14. The van der Waals surface area contributed by atoms with Crippen molar-refractivity contribution in [3.05, 3.63) is 71.4 Å². The highest BCUT2D eigenvalue weighted by atomic mass is 16.1. The number of aromatic nitrogens is 1. The van der Waals surface area contributed by atoms with Crippen LogP contribution in [-0.4, -0.2) is 10.5 Å². The highest BCUT2D eigenvalue weighted by Gasteiger charge is 2.09. The highest BCUT2D eigenvalue weighted by molar-refractivity contribution is 5.84. The smallest absolute Gasteiger partial charge is 0.240 e. The number of nitriles is 1. The Kier molecular flexibility index (Phi) is 4.11. The molecule has 1 aromatic heterocycles. The Bertz CT molecular complexity index is 885. The van der Waals surface area contributed by atoms with Crippen LogP contribution >= 0.6 is 0 Å². The van der Waals surface area contributed by atoms with Crippen molar-refractivity contribution in [1.82, 2.24) is 9.88 Å². The van der Waals surface area contributed by atoms with E-state index in [0.717, 1.165) is 22.2 Å². The molecule has 0 bridgehead atoms. The van der Waals surface area contributed by atoms with Crippen molar-refractivity contribution in [3.8, 4) is 6.07 Å². The Morgan fingerprint density at radius 1 is 1.17 bits per heavy atom. The lowest BCUT2D eigenvalue weighted by Crippen LogP contribution is -2.27. The van der Waals surface area contributed by atoms with Crippen molar-refractivity contribution in [3.63, 3.8) is 0 Å². The van der Waals surface area contributed by atoms with E-state index >= 15 is 0 Å². The second kappa shape index (κ2) is 6.37. The Labute approximate surface area is 135 Å². The lowest BCUT2D eigenvalue weighted by molar-refractivity contribution is -0.121. The molecular weight excluding hydrogens is 286 g/mol. The number of hydrogen-bond acceptors (Lipinski definition) is 2. The topological polar surface area (TPSA) is 57.8 Å². The Balaban J connectivity index is 1.66. The van der Waals surface area contributed by atoms with Gasteiger partial charge in [-0.05, 0) is 42.1 Å². The van der Waals surface area contributed by atoms with Crippen molar-refractivity contribution in [2.75, 3.05) is 0 Å². The largest absolute Gasteiger partial charge is 0.350 e. The third-order valence-corrected chi connectivity index (χ3v) is 3.89. The molecular formula is C19H17N3O. The zero-order valence-electron chi connectivity index (χ0n) is 12.9. The van der Waals surface area contributed by atoms with Crippen LogP contribution < -0.4 is 5.32 Å². The van der Waals surface area contributed by atoms with Crippen molar-refractivity contribution in [2.24, 2.45) is 0 Å². The summed E-state index contributed by atoms with van der Waals surface area (Å²) in [4.78, 5) is 12.2. The molecule has 0 unspecified atom stereocenters. The second-order valence-corrected chi connectivity index (χ2v) is 5.52. The van der Waals surface area contributed by atoms with Crippen LogP contribution in [0, 0.1) is 18.3 Å².